The number of halogens is 3. The summed E-state index contributed by atoms with van der Waals surface area (Å²) in [4.78, 5) is 25.5. The van der Waals surface area contributed by atoms with Gasteiger partial charge in [-0.1, -0.05) is 40.9 Å². The average Bonchev–Trinajstić information content (AvgIpc) is 3.02. The van der Waals surface area contributed by atoms with E-state index in [9.17, 15) is 4.79 Å². The molecule has 3 heterocycles. The van der Waals surface area contributed by atoms with Gasteiger partial charge in [-0.25, -0.2) is 15.0 Å². The van der Waals surface area contributed by atoms with Gasteiger partial charge in [0.25, 0.3) is 5.91 Å². The van der Waals surface area contributed by atoms with Gasteiger partial charge >= 0.3 is 0 Å². The Kier molecular flexibility index (Phi) is 5.51. The fourth-order valence-corrected chi connectivity index (χ4v) is 3.44. The molecule has 0 bridgehead atoms. The monoisotopic (exact) mass is 460 g/mol. The molecule has 0 unspecified atom stereocenters. The van der Waals surface area contributed by atoms with Crippen molar-refractivity contribution in [3.63, 3.8) is 0 Å². The molecule has 152 valence electrons. The molecule has 1 aromatic carbocycles. The Balaban J connectivity index is 1.63. The number of benzene rings is 1. The molecule has 0 radical (unpaired) electrons. The topological polar surface area (TPSA) is 84.7 Å². The van der Waals surface area contributed by atoms with E-state index >= 15 is 0 Å². The van der Waals surface area contributed by atoms with Gasteiger partial charge in [0.15, 0.2) is 0 Å². The second kappa shape index (κ2) is 8.10. The van der Waals surface area contributed by atoms with Gasteiger partial charge in [0.2, 0.25) is 5.95 Å². The van der Waals surface area contributed by atoms with Crippen LogP contribution in [-0.4, -0.2) is 25.4 Å². The van der Waals surface area contributed by atoms with Crippen molar-refractivity contribution in [1.29, 1.82) is 0 Å². The van der Waals surface area contributed by atoms with Gasteiger partial charge in [-0.05, 0) is 36.8 Å². The summed E-state index contributed by atoms with van der Waals surface area (Å²) in [6.45, 7) is 1.83. The van der Waals surface area contributed by atoms with Crippen LogP contribution in [0.3, 0.4) is 0 Å². The number of nitrogens with zero attached hydrogens (tertiary/aromatic N) is 4. The largest absolute Gasteiger partial charge is 0.323 e. The maximum Gasteiger partial charge on any atom is 0.275 e. The fraction of sp³-hybridized carbons (Fsp3) is 0.100. The second-order valence-corrected chi connectivity index (χ2v) is 7.77. The van der Waals surface area contributed by atoms with E-state index in [1.807, 2.05) is 14.0 Å². The van der Waals surface area contributed by atoms with Gasteiger partial charge in [-0.15, -0.1) is 0 Å². The van der Waals surface area contributed by atoms with Crippen LogP contribution in [0, 0.1) is 6.92 Å². The van der Waals surface area contributed by atoms with Crippen molar-refractivity contribution in [2.75, 3.05) is 10.6 Å². The Labute approximate surface area is 187 Å². The summed E-state index contributed by atoms with van der Waals surface area (Å²) in [5.74, 6) is 0.496. The van der Waals surface area contributed by atoms with Crippen molar-refractivity contribution in [3.8, 4) is 0 Å². The minimum absolute atomic E-state index is 0.206. The van der Waals surface area contributed by atoms with Crippen molar-refractivity contribution in [2.45, 2.75) is 6.92 Å². The number of carbonyl (C=O) groups is 1. The average molecular weight is 462 g/mol. The Morgan fingerprint density at radius 1 is 1.03 bits per heavy atom. The van der Waals surface area contributed by atoms with Gasteiger partial charge in [0.1, 0.15) is 11.5 Å². The minimum atomic E-state index is -0.402. The third kappa shape index (κ3) is 3.92. The van der Waals surface area contributed by atoms with Gasteiger partial charge in [0.05, 0.1) is 38.0 Å². The number of anilines is 3. The summed E-state index contributed by atoms with van der Waals surface area (Å²) in [5, 5.41) is 7.32. The number of hydrogen-bond donors (Lipinski definition) is 2. The number of aryl methyl sites for hydroxylation is 2. The number of para-hydroxylation sites is 1. The second-order valence-electron chi connectivity index (χ2n) is 6.55. The number of aromatic nitrogens is 4. The van der Waals surface area contributed by atoms with E-state index in [1.54, 1.807) is 41.1 Å². The predicted octanol–water partition coefficient (Wildman–Crippen LogP) is 5.63. The van der Waals surface area contributed by atoms with Crippen LogP contribution in [-0.2, 0) is 7.05 Å². The quantitative estimate of drug-likeness (QED) is 0.411. The Morgan fingerprint density at radius 2 is 1.77 bits per heavy atom. The number of fused-ring (bicyclic) bond motifs is 1. The van der Waals surface area contributed by atoms with E-state index in [4.69, 9.17) is 34.8 Å². The molecule has 0 spiro atoms. The molecule has 2 N–H and O–H groups in total. The van der Waals surface area contributed by atoms with Crippen molar-refractivity contribution in [2.24, 2.45) is 7.05 Å². The Hall–Kier alpha value is -2.87. The summed E-state index contributed by atoms with van der Waals surface area (Å²) in [6.07, 6.45) is 3.07. The molecule has 3 aromatic heterocycles. The molecule has 1 amide bonds. The molecule has 0 aliphatic heterocycles. The highest BCUT2D eigenvalue weighted by Gasteiger charge is 2.15. The lowest BCUT2D eigenvalue weighted by atomic mass is 10.3. The highest BCUT2D eigenvalue weighted by atomic mass is 35.5. The highest BCUT2D eigenvalue weighted by Crippen LogP contribution is 2.33. The maximum absolute atomic E-state index is 12.6. The van der Waals surface area contributed by atoms with E-state index < -0.39 is 5.91 Å². The lowest BCUT2D eigenvalue weighted by molar-refractivity contribution is 0.102. The van der Waals surface area contributed by atoms with Crippen molar-refractivity contribution < 1.29 is 4.79 Å². The van der Waals surface area contributed by atoms with Crippen LogP contribution >= 0.6 is 34.8 Å². The van der Waals surface area contributed by atoms with Gasteiger partial charge in [-0.2, -0.15) is 0 Å². The molecular weight excluding hydrogens is 447 g/mol. The summed E-state index contributed by atoms with van der Waals surface area (Å²) in [5.41, 5.74) is 2.89. The molecule has 0 atom stereocenters. The van der Waals surface area contributed by atoms with Crippen molar-refractivity contribution in [1.82, 2.24) is 19.5 Å². The van der Waals surface area contributed by atoms with E-state index in [1.165, 1.54) is 6.20 Å². The minimum Gasteiger partial charge on any atom is -0.323 e. The maximum atomic E-state index is 12.6. The lowest BCUT2D eigenvalue weighted by Crippen LogP contribution is -2.14. The third-order valence-electron chi connectivity index (χ3n) is 4.49. The predicted molar refractivity (Wildman–Crippen MR) is 120 cm³/mol. The molecule has 0 saturated heterocycles. The fourth-order valence-electron chi connectivity index (χ4n) is 2.84. The molecule has 0 aliphatic rings. The van der Waals surface area contributed by atoms with Crippen LogP contribution in [0.4, 0.5) is 17.5 Å². The molecule has 30 heavy (non-hydrogen) atoms. The molecule has 4 rings (SSSR count). The molecule has 7 nitrogen and oxygen atoms in total. The zero-order chi connectivity index (χ0) is 21.4. The SMILES string of the molecule is Cc1cc(NC(=O)c2cc3nc(Nc4c(Cl)cccc4Cl)n(C)c3cn2)ncc1Cl. The van der Waals surface area contributed by atoms with Crippen molar-refractivity contribution in [3.05, 3.63) is 69.1 Å². The molecule has 0 fully saturated rings. The summed E-state index contributed by atoms with van der Waals surface area (Å²) >= 11 is 18.4. The third-order valence-corrected chi connectivity index (χ3v) is 5.51. The zero-order valence-electron chi connectivity index (χ0n) is 15.9. The highest BCUT2D eigenvalue weighted by molar-refractivity contribution is 6.39. The number of nitrogens with one attached hydrogen (secondary N) is 2. The zero-order valence-corrected chi connectivity index (χ0v) is 18.1. The number of carbonyl (C=O) groups excluding carboxylic acids is 1. The van der Waals surface area contributed by atoms with E-state index in [2.05, 4.69) is 25.6 Å². The standard InChI is InChI=1S/C20H15Cl3N6O/c1-10-6-17(25-8-13(10)23)27-19(30)15-7-14-16(9-24-15)29(2)20(26-14)28-18-11(21)4-3-5-12(18)22/h3-9H,1-2H3,(H,26,28)(H,25,27,30). The van der Waals surface area contributed by atoms with Gasteiger partial charge in [-0.3, -0.25) is 4.79 Å². The normalized spacial score (nSPS) is 11.0. The molecule has 0 aliphatic carbocycles. The van der Waals surface area contributed by atoms with E-state index in [-0.39, 0.29) is 5.69 Å². The van der Waals surface area contributed by atoms with Gasteiger partial charge in [0, 0.05) is 13.2 Å². The number of hydrogen-bond acceptors (Lipinski definition) is 5. The molecule has 0 saturated carbocycles. The number of rotatable bonds is 4. The van der Waals surface area contributed by atoms with E-state index in [0.29, 0.717) is 38.0 Å². The van der Waals surface area contributed by atoms with E-state index in [0.717, 1.165) is 11.1 Å². The summed E-state index contributed by atoms with van der Waals surface area (Å²) in [6, 6.07) is 8.52. The Bertz CT molecular complexity index is 1270. The van der Waals surface area contributed by atoms with Gasteiger partial charge < -0.3 is 15.2 Å². The van der Waals surface area contributed by atoms with Crippen LogP contribution < -0.4 is 10.6 Å². The molecule has 10 heteroatoms. The van der Waals surface area contributed by atoms with Crippen LogP contribution in [0.1, 0.15) is 16.1 Å². The first-order chi connectivity index (χ1) is 14.3. The van der Waals surface area contributed by atoms with Crippen molar-refractivity contribution >= 4 is 69.2 Å². The number of pyridine rings is 2. The summed E-state index contributed by atoms with van der Waals surface area (Å²) < 4.78 is 1.80. The summed E-state index contributed by atoms with van der Waals surface area (Å²) in [7, 11) is 1.82. The van der Waals surface area contributed by atoms with Crippen LogP contribution in [0.5, 0.6) is 0 Å². The first-order valence-electron chi connectivity index (χ1n) is 8.80. The number of imidazole rings is 1. The van der Waals surface area contributed by atoms with Crippen LogP contribution in [0.2, 0.25) is 15.1 Å². The molecular formula is C20H15Cl3N6O. The molecule has 4 aromatic rings. The smallest absolute Gasteiger partial charge is 0.275 e. The first-order valence-corrected chi connectivity index (χ1v) is 9.94. The lowest BCUT2D eigenvalue weighted by Gasteiger charge is -2.09. The first kappa shape index (κ1) is 20.4. The number of amides is 1. The van der Waals surface area contributed by atoms with Crippen LogP contribution in [0.15, 0.2) is 42.7 Å². The Morgan fingerprint density at radius 3 is 2.47 bits per heavy atom. The van der Waals surface area contributed by atoms with Crippen LogP contribution in [0.25, 0.3) is 11.0 Å².